The van der Waals surface area contributed by atoms with Crippen molar-refractivity contribution >= 4 is 5.91 Å². The second-order valence-corrected chi connectivity index (χ2v) is 8.46. The lowest BCUT2D eigenvalue weighted by Crippen LogP contribution is -2.48. The lowest BCUT2D eigenvalue weighted by molar-refractivity contribution is -0.133. The molecule has 0 radical (unpaired) electrons. The maximum Gasteiger partial charge on any atom is 0.222 e. The second kappa shape index (κ2) is 10.0. The van der Waals surface area contributed by atoms with Gasteiger partial charge in [-0.3, -0.25) is 14.6 Å². The van der Waals surface area contributed by atoms with E-state index in [4.69, 9.17) is 0 Å². The molecule has 1 atom stereocenters. The van der Waals surface area contributed by atoms with E-state index in [1.54, 1.807) is 0 Å². The largest absolute Gasteiger partial charge is 0.348 e. The molecule has 1 N–H and O–H groups in total. The molecule has 3 heterocycles. The number of imidazole rings is 1. The molecule has 2 aliphatic rings. The smallest absolute Gasteiger partial charge is 0.222 e. The molecule has 1 aromatic heterocycles. The van der Waals surface area contributed by atoms with E-state index in [1.807, 2.05) is 12.4 Å². The van der Waals surface area contributed by atoms with Crippen LogP contribution >= 0.6 is 0 Å². The molecule has 4 rings (SSSR count). The fourth-order valence-corrected chi connectivity index (χ4v) is 4.61. The summed E-state index contributed by atoms with van der Waals surface area (Å²) < 4.78 is 0. The van der Waals surface area contributed by atoms with Gasteiger partial charge in [-0.1, -0.05) is 30.3 Å². The van der Waals surface area contributed by atoms with E-state index in [0.29, 0.717) is 18.2 Å². The van der Waals surface area contributed by atoms with Crippen molar-refractivity contribution in [3.8, 4) is 0 Å². The lowest BCUT2D eigenvalue weighted by atomic mass is 9.93. The topological polar surface area (TPSA) is 55.5 Å². The highest BCUT2D eigenvalue weighted by Crippen LogP contribution is 2.22. The van der Waals surface area contributed by atoms with Crippen LogP contribution in [0.25, 0.3) is 0 Å². The van der Waals surface area contributed by atoms with Crippen LogP contribution < -0.4 is 0 Å². The molecule has 29 heavy (non-hydrogen) atoms. The van der Waals surface area contributed by atoms with E-state index >= 15 is 0 Å². The Morgan fingerprint density at radius 3 is 2.62 bits per heavy atom. The number of hydrogen-bond donors (Lipinski definition) is 1. The fourth-order valence-electron chi connectivity index (χ4n) is 4.61. The Morgan fingerprint density at radius 2 is 1.86 bits per heavy atom. The molecule has 2 aromatic rings. The van der Waals surface area contributed by atoms with Gasteiger partial charge in [-0.05, 0) is 37.3 Å². The van der Waals surface area contributed by atoms with Gasteiger partial charge in [0.1, 0.15) is 5.82 Å². The summed E-state index contributed by atoms with van der Waals surface area (Å²) in [5.41, 5.74) is 1.35. The number of H-pyrrole nitrogens is 1. The maximum absolute atomic E-state index is 12.7. The number of piperidine rings is 1. The Morgan fingerprint density at radius 1 is 1.03 bits per heavy atom. The van der Waals surface area contributed by atoms with Gasteiger partial charge < -0.3 is 9.88 Å². The Kier molecular flexibility index (Phi) is 6.96. The quantitative estimate of drug-likeness (QED) is 0.783. The predicted molar refractivity (Wildman–Crippen MR) is 114 cm³/mol. The van der Waals surface area contributed by atoms with Crippen molar-refractivity contribution in [1.82, 2.24) is 24.7 Å². The van der Waals surface area contributed by atoms with Gasteiger partial charge in [0, 0.05) is 58.1 Å². The molecule has 2 saturated heterocycles. The van der Waals surface area contributed by atoms with Gasteiger partial charge in [-0.25, -0.2) is 4.98 Å². The van der Waals surface area contributed by atoms with Crippen molar-refractivity contribution in [3.63, 3.8) is 0 Å². The molecule has 0 aliphatic carbocycles. The highest BCUT2D eigenvalue weighted by Gasteiger charge is 2.24. The molecule has 1 amide bonds. The van der Waals surface area contributed by atoms with E-state index in [2.05, 4.69) is 55.0 Å². The number of amides is 1. The third-order valence-corrected chi connectivity index (χ3v) is 6.27. The minimum atomic E-state index is 0.340. The summed E-state index contributed by atoms with van der Waals surface area (Å²) in [4.78, 5) is 27.3. The molecule has 2 fully saturated rings. The van der Waals surface area contributed by atoms with Gasteiger partial charge in [0.05, 0.1) is 6.54 Å². The number of carbonyl (C=O) groups excluding carboxylic acids is 1. The number of nitrogens with zero attached hydrogens (tertiary/aromatic N) is 4. The third kappa shape index (κ3) is 5.90. The summed E-state index contributed by atoms with van der Waals surface area (Å²) >= 11 is 0. The average molecular weight is 396 g/mol. The number of benzene rings is 1. The number of aromatic amines is 1. The molecule has 1 aromatic carbocycles. The number of nitrogens with one attached hydrogen (secondary N) is 1. The van der Waals surface area contributed by atoms with Crippen LogP contribution in [0.15, 0.2) is 42.7 Å². The number of piperazine rings is 1. The van der Waals surface area contributed by atoms with Gasteiger partial charge in [0.2, 0.25) is 5.91 Å². The first-order valence-electron chi connectivity index (χ1n) is 11.0. The van der Waals surface area contributed by atoms with Gasteiger partial charge >= 0.3 is 0 Å². The van der Waals surface area contributed by atoms with Crippen molar-refractivity contribution < 1.29 is 4.79 Å². The molecule has 156 valence electrons. The molecule has 0 saturated carbocycles. The van der Waals surface area contributed by atoms with Gasteiger partial charge in [0.15, 0.2) is 0 Å². The molecular formula is C23H33N5O. The second-order valence-electron chi connectivity index (χ2n) is 8.46. The minimum Gasteiger partial charge on any atom is -0.348 e. The van der Waals surface area contributed by atoms with Crippen molar-refractivity contribution in [1.29, 1.82) is 0 Å². The number of carbonyl (C=O) groups is 1. The first-order valence-corrected chi connectivity index (χ1v) is 11.0. The van der Waals surface area contributed by atoms with Crippen LogP contribution in [-0.2, 0) is 17.9 Å². The van der Waals surface area contributed by atoms with Crippen LogP contribution in [0.3, 0.4) is 0 Å². The minimum absolute atomic E-state index is 0.340. The standard InChI is InChI=1S/C23H33N5O/c29-23(28-15-13-26(14-16-28)17-20-5-2-1-3-6-20)9-8-21-7-4-12-27(18-21)19-22-24-10-11-25-22/h1-3,5-6,10-11,21H,4,7-9,12-19H2,(H,24,25)/t21-/m0/s1. The Balaban J connectivity index is 1.16. The van der Waals surface area contributed by atoms with Crippen molar-refractivity contribution in [2.45, 2.75) is 38.8 Å². The highest BCUT2D eigenvalue weighted by atomic mass is 16.2. The molecule has 0 spiro atoms. The van der Waals surface area contributed by atoms with Crippen LogP contribution in [0.4, 0.5) is 0 Å². The Labute approximate surface area is 173 Å². The number of hydrogen-bond acceptors (Lipinski definition) is 4. The first kappa shape index (κ1) is 20.1. The van der Waals surface area contributed by atoms with Gasteiger partial charge in [-0.15, -0.1) is 0 Å². The third-order valence-electron chi connectivity index (χ3n) is 6.27. The maximum atomic E-state index is 12.7. The van der Waals surface area contributed by atoms with Crippen molar-refractivity contribution in [3.05, 3.63) is 54.1 Å². The summed E-state index contributed by atoms with van der Waals surface area (Å²) in [6.45, 7) is 7.76. The van der Waals surface area contributed by atoms with Crippen molar-refractivity contribution in [2.75, 3.05) is 39.3 Å². The lowest BCUT2D eigenvalue weighted by Gasteiger charge is -2.36. The van der Waals surface area contributed by atoms with Crippen LogP contribution in [0.2, 0.25) is 0 Å². The van der Waals surface area contributed by atoms with Gasteiger partial charge in [0.25, 0.3) is 0 Å². The summed E-state index contributed by atoms with van der Waals surface area (Å²) in [6, 6.07) is 10.6. The van der Waals surface area contributed by atoms with Crippen LogP contribution in [-0.4, -0.2) is 69.8 Å². The molecular weight excluding hydrogens is 362 g/mol. The van der Waals surface area contributed by atoms with E-state index < -0.39 is 0 Å². The average Bonchev–Trinajstić information content (AvgIpc) is 3.27. The van der Waals surface area contributed by atoms with Crippen LogP contribution in [0.1, 0.15) is 37.1 Å². The van der Waals surface area contributed by atoms with E-state index in [-0.39, 0.29) is 0 Å². The zero-order valence-electron chi connectivity index (χ0n) is 17.3. The molecule has 0 unspecified atom stereocenters. The first-order chi connectivity index (χ1) is 14.3. The van der Waals surface area contributed by atoms with E-state index in [1.165, 1.54) is 18.4 Å². The summed E-state index contributed by atoms with van der Waals surface area (Å²) in [7, 11) is 0. The Hall–Kier alpha value is -2.18. The van der Waals surface area contributed by atoms with Gasteiger partial charge in [-0.2, -0.15) is 0 Å². The zero-order chi connectivity index (χ0) is 19.9. The number of likely N-dealkylation sites (tertiary alicyclic amines) is 1. The zero-order valence-corrected chi connectivity index (χ0v) is 17.3. The summed E-state index contributed by atoms with van der Waals surface area (Å²) in [5.74, 6) is 2.00. The highest BCUT2D eigenvalue weighted by molar-refractivity contribution is 5.76. The summed E-state index contributed by atoms with van der Waals surface area (Å²) in [5, 5.41) is 0. The molecule has 2 aliphatic heterocycles. The molecule has 0 bridgehead atoms. The van der Waals surface area contributed by atoms with E-state index in [0.717, 1.165) is 64.6 Å². The summed E-state index contributed by atoms with van der Waals surface area (Å²) in [6.07, 6.45) is 7.87. The molecule has 6 nitrogen and oxygen atoms in total. The van der Waals surface area contributed by atoms with Crippen LogP contribution in [0, 0.1) is 5.92 Å². The SMILES string of the molecule is O=C(CC[C@@H]1CCCN(Cc2ncc[nH]2)C1)N1CCN(Cc2ccccc2)CC1. The predicted octanol–water partition coefficient (Wildman–Crippen LogP) is 2.75. The number of aromatic nitrogens is 2. The fraction of sp³-hybridized carbons (Fsp3) is 0.565. The molecule has 6 heteroatoms. The van der Waals surface area contributed by atoms with Crippen molar-refractivity contribution in [2.24, 2.45) is 5.92 Å². The van der Waals surface area contributed by atoms with E-state index in [9.17, 15) is 4.79 Å². The van der Waals surface area contributed by atoms with Crippen LogP contribution in [0.5, 0.6) is 0 Å². The normalized spacial score (nSPS) is 21.4. The number of rotatable bonds is 7. The monoisotopic (exact) mass is 395 g/mol. The Bertz CT molecular complexity index is 740.